The Morgan fingerprint density at radius 3 is 1.37 bits per heavy atom. The van der Waals surface area contributed by atoms with Gasteiger partial charge in [0.15, 0.2) is 0 Å². The SMILES string of the molecule is c1ccc(-c2ccc3c(c2)c2cc4c(cc2n3-c2ccccc2)c2cc(-c3ccccc3)ccc2n4-c2ccc3oc4ccccc4c3c2)cc1. The van der Waals surface area contributed by atoms with E-state index in [0.29, 0.717) is 0 Å². The van der Waals surface area contributed by atoms with E-state index in [0.717, 1.165) is 33.3 Å². The monoisotopic (exact) mass is 650 g/mol. The molecule has 0 spiro atoms. The number of furan rings is 1. The molecule has 0 aliphatic rings. The molecule has 0 bridgehead atoms. The van der Waals surface area contributed by atoms with E-state index in [2.05, 4.69) is 179 Å². The van der Waals surface area contributed by atoms with Crippen molar-refractivity contribution in [1.29, 1.82) is 0 Å². The smallest absolute Gasteiger partial charge is 0.135 e. The molecular weight excluding hydrogens is 621 g/mol. The van der Waals surface area contributed by atoms with Crippen LogP contribution >= 0.6 is 0 Å². The van der Waals surface area contributed by atoms with Crippen LogP contribution in [0.1, 0.15) is 0 Å². The quantitative estimate of drug-likeness (QED) is 0.186. The first kappa shape index (κ1) is 28.0. The zero-order chi connectivity index (χ0) is 33.5. The molecule has 3 aromatic heterocycles. The second-order valence-corrected chi connectivity index (χ2v) is 13.4. The highest BCUT2D eigenvalue weighted by Gasteiger charge is 2.20. The van der Waals surface area contributed by atoms with Gasteiger partial charge < -0.3 is 13.6 Å². The average Bonchev–Trinajstić information content (AvgIpc) is 3.84. The van der Waals surface area contributed by atoms with Gasteiger partial charge in [-0.3, -0.25) is 0 Å². The first-order chi connectivity index (χ1) is 25.3. The number of hydrogen-bond acceptors (Lipinski definition) is 1. The van der Waals surface area contributed by atoms with Crippen molar-refractivity contribution in [1.82, 2.24) is 9.13 Å². The van der Waals surface area contributed by atoms with E-state index in [1.165, 1.54) is 65.9 Å². The summed E-state index contributed by atoms with van der Waals surface area (Å²) < 4.78 is 11.1. The zero-order valence-corrected chi connectivity index (χ0v) is 27.6. The standard InChI is InChI=1S/C48H30N2O/c1-4-12-31(13-5-1)33-20-23-43-38(26-33)40-30-46-41(29-45(40)49(43)35-16-8-3-9-17-35)39-27-34(32-14-6-2-7-15-32)21-24-44(39)50(46)36-22-25-48-42(28-36)37-18-10-11-19-47(37)51-48/h1-30H. The van der Waals surface area contributed by atoms with Crippen molar-refractivity contribution in [2.24, 2.45) is 0 Å². The Balaban J connectivity index is 1.27. The highest BCUT2D eigenvalue weighted by atomic mass is 16.3. The molecule has 8 aromatic carbocycles. The zero-order valence-electron chi connectivity index (χ0n) is 27.6. The Labute approximate surface area is 293 Å². The van der Waals surface area contributed by atoms with Gasteiger partial charge in [-0.05, 0) is 95.1 Å². The van der Waals surface area contributed by atoms with Crippen LogP contribution in [0.5, 0.6) is 0 Å². The number of nitrogens with zero attached hydrogens (tertiary/aromatic N) is 2. The molecule has 51 heavy (non-hydrogen) atoms. The van der Waals surface area contributed by atoms with Gasteiger partial charge in [-0.2, -0.15) is 0 Å². The fraction of sp³-hybridized carbons (Fsp3) is 0. The molecule has 0 fully saturated rings. The lowest BCUT2D eigenvalue weighted by Crippen LogP contribution is -1.94. The average molecular weight is 651 g/mol. The predicted molar refractivity (Wildman–Crippen MR) is 213 cm³/mol. The van der Waals surface area contributed by atoms with Gasteiger partial charge in [-0.1, -0.05) is 109 Å². The summed E-state index contributed by atoms with van der Waals surface area (Å²) in [6.07, 6.45) is 0. The van der Waals surface area contributed by atoms with Crippen LogP contribution in [0.4, 0.5) is 0 Å². The van der Waals surface area contributed by atoms with Gasteiger partial charge in [0.05, 0.1) is 22.1 Å². The fourth-order valence-corrected chi connectivity index (χ4v) is 8.14. The van der Waals surface area contributed by atoms with Crippen molar-refractivity contribution < 1.29 is 4.42 Å². The van der Waals surface area contributed by atoms with E-state index in [4.69, 9.17) is 4.42 Å². The van der Waals surface area contributed by atoms with Crippen LogP contribution in [0.2, 0.25) is 0 Å². The first-order valence-corrected chi connectivity index (χ1v) is 17.4. The van der Waals surface area contributed by atoms with E-state index >= 15 is 0 Å². The van der Waals surface area contributed by atoms with E-state index in [-0.39, 0.29) is 0 Å². The van der Waals surface area contributed by atoms with Crippen LogP contribution in [0, 0.1) is 0 Å². The molecule has 0 saturated heterocycles. The Morgan fingerprint density at radius 1 is 0.275 bits per heavy atom. The lowest BCUT2D eigenvalue weighted by molar-refractivity contribution is 0.669. The summed E-state index contributed by atoms with van der Waals surface area (Å²) in [4.78, 5) is 0. The second kappa shape index (κ2) is 10.8. The number of para-hydroxylation sites is 2. The van der Waals surface area contributed by atoms with Crippen molar-refractivity contribution in [3.05, 3.63) is 182 Å². The van der Waals surface area contributed by atoms with Gasteiger partial charge in [-0.15, -0.1) is 0 Å². The van der Waals surface area contributed by atoms with Crippen molar-refractivity contribution in [2.45, 2.75) is 0 Å². The van der Waals surface area contributed by atoms with E-state index in [1.54, 1.807) is 0 Å². The second-order valence-electron chi connectivity index (χ2n) is 13.4. The molecule has 0 atom stereocenters. The summed E-state index contributed by atoms with van der Waals surface area (Å²) in [6.45, 7) is 0. The van der Waals surface area contributed by atoms with Crippen LogP contribution < -0.4 is 0 Å². The summed E-state index contributed by atoms with van der Waals surface area (Å²) >= 11 is 0. The Kier molecular flexibility index (Phi) is 5.96. The molecule has 3 heteroatoms. The van der Waals surface area contributed by atoms with E-state index in [9.17, 15) is 0 Å². The number of hydrogen-bond donors (Lipinski definition) is 0. The minimum absolute atomic E-state index is 0.897. The number of benzene rings is 8. The molecule has 0 aliphatic heterocycles. The number of fused-ring (bicyclic) bond motifs is 9. The fourth-order valence-electron chi connectivity index (χ4n) is 8.14. The molecule has 3 heterocycles. The van der Waals surface area contributed by atoms with Crippen LogP contribution in [-0.4, -0.2) is 9.13 Å². The van der Waals surface area contributed by atoms with Crippen LogP contribution in [0.25, 0.3) is 99.2 Å². The summed E-state index contributed by atoms with van der Waals surface area (Å²) in [5, 5.41) is 7.14. The molecule has 0 unspecified atom stereocenters. The van der Waals surface area contributed by atoms with Gasteiger partial charge >= 0.3 is 0 Å². The lowest BCUT2D eigenvalue weighted by Gasteiger charge is -2.09. The summed E-state index contributed by atoms with van der Waals surface area (Å²) in [6, 6.07) is 65.6. The van der Waals surface area contributed by atoms with E-state index < -0.39 is 0 Å². The molecule has 0 aliphatic carbocycles. The minimum Gasteiger partial charge on any atom is -0.456 e. The van der Waals surface area contributed by atoms with Crippen molar-refractivity contribution in [3.63, 3.8) is 0 Å². The molecule has 0 N–H and O–H groups in total. The van der Waals surface area contributed by atoms with Crippen molar-refractivity contribution in [2.75, 3.05) is 0 Å². The van der Waals surface area contributed by atoms with Crippen LogP contribution in [0.15, 0.2) is 186 Å². The number of aromatic nitrogens is 2. The third kappa shape index (κ3) is 4.25. The molecular formula is C48H30N2O. The maximum atomic E-state index is 6.25. The minimum atomic E-state index is 0.897. The van der Waals surface area contributed by atoms with Crippen LogP contribution in [0.3, 0.4) is 0 Å². The predicted octanol–water partition coefficient (Wildman–Crippen LogP) is 13.1. The Bertz CT molecular complexity index is 3110. The lowest BCUT2D eigenvalue weighted by atomic mass is 10.0. The third-order valence-electron chi connectivity index (χ3n) is 10.5. The molecule has 0 amide bonds. The number of rotatable bonds is 4. The van der Waals surface area contributed by atoms with Crippen molar-refractivity contribution in [3.8, 4) is 33.6 Å². The molecule has 11 rings (SSSR count). The summed E-state index contributed by atoms with van der Waals surface area (Å²) in [5.41, 5.74) is 13.6. The van der Waals surface area contributed by atoms with Crippen molar-refractivity contribution >= 4 is 65.6 Å². The summed E-state index contributed by atoms with van der Waals surface area (Å²) in [5.74, 6) is 0. The van der Waals surface area contributed by atoms with E-state index in [1.807, 2.05) is 12.1 Å². The molecule has 0 radical (unpaired) electrons. The maximum absolute atomic E-state index is 6.25. The van der Waals surface area contributed by atoms with Gasteiger partial charge in [0.25, 0.3) is 0 Å². The molecule has 11 aromatic rings. The van der Waals surface area contributed by atoms with Gasteiger partial charge in [-0.25, -0.2) is 0 Å². The largest absolute Gasteiger partial charge is 0.456 e. The van der Waals surface area contributed by atoms with Gasteiger partial charge in [0, 0.05) is 43.7 Å². The Hall–Kier alpha value is -6.84. The topological polar surface area (TPSA) is 23.0 Å². The van der Waals surface area contributed by atoms with Crippen LogP contribution in [-0.2, 0) is 0 Å². The molecule has 238 valence electrons. The molecule has 0 saturated carbocycles. The normalized spacial score (nSPS) is 11.9. The Morgan fingerprint density at radius 2 is 0.765 bits per heavy atom. The molecule has 3 nitrogen and oxygen atoms in total. The summed E-state index contributed by atoms with van der Waals surface area (Å²) in [7, 11) is 0. The highest BCUT2D eigenvalue weighted by Crippen LogP contribution is 2.42. The van der Waals surface area contributed by atoms with Gasteiger partial charge in [0.2, 0.25) is 0 Å². The van der Waals surface area contributed by atoms with Gasteiger partial charge in [0.1, 0.15) is 11.2 Å². The highest BCUT2D eigenvalue weighted by molar-refractivity contribution is 6.20. The third-order valence-corrected chi connectivity index (χ3v) is 10.5. The first-order valence-electron chi connectivity index (χ1n) is 17.4. The maximum Gasteiger partial charge on any atom is 0.135 e.